The minimum absolute atomic E-state index is 0.0150. The monoisotopic (exact) mass is 412 g/mol. The molecule has 29 heavy (non-hydrogen) atoms. The first-order valence-corrected chi connectivity index (χ1v) is 9.24. The zero-order valence-corrected chi connectivity index (χ0v) is 16.3. The van der Waals surface area contributed by atoms with E-state index in [1.54, 1.807) is 24.3 Å². The summed E-state index contributed by atoms with van der Waals surface area (Å²) in [6.45, 7) is 3.25. The van der Waals surface area contributed by atoms with Gasteiger partial charge in [0.25, 0.3) is 5.91 Å². The number of aliphatic carboxylic acids is 1. The van der Waals surface area contributed by atoms with Gasteiger partial charge in [0.2, 0.25) is 6.41 Å². The van der Waals surface area contributed by atoms with Gasteiger partial charge in [-0.05, 0) is 18.2 Å². The number of carbonyl (C=O) groups excluding carboxylic acids is 2. The van der Waals surface area contributed by atoms with Gasteiger partial charge in [0.05, 0.1) is 59.3 Å². The molecule has 0 aliphatic rings. The van der Waals surface area contributed by atoms with E-state index in [2.05, 4.69) is 10.6 Å². The molecule has 3 N–H and O–H groups in total. The third-order valence-electron chi connectivity index (χ3n) is 3.46. The van der Waals surface area contributed by atoms with E-state index in [9.17, 15) is 14.4 Å². The predicted octanol–water partition coefficient (Wildman–Crippen LogP) is 0.526. The molecule has 0 aromatic heterocycles. The normalized spacial score (nSPS) is 10.5. The number of rotatable bonds is 18. The quantitative estimate of drug-likeness (QED) is 0.235. The van der Waals surface area contributed by atoms with Gasteiger partial charge in [-0.15, -0.1) is 0 Å². The highest BCUT2D eigenvalue weighted by Crippen LogP contribution is 2.09. The van der Waals surface area contributed by atoms with Crippen molar-refractivity contribution in [3.05, 3.63) is 29.8 Å². The highest BCUT2D eigenvalue weighted by atomic mass is 16.6. The lowest BCUT2D eigenvalue weighted by molar-refractivity contribution is -0.138. The fourth-order valence-corrected chi connectivity index (χ4v) is 2.08. The molecule has 0 aliphatic carbocycles. The van der Waals surface area contributed by atoms with Gasteiger partial charge in [-0.25, -0.2) is 0 Å². The fraction of sp³-hybridized carbons (Fsp3) is 0.526. The molecule has 2 amide bonds. The molecular weight excluding hydrogens is 384 g/mol. The molecule has 10 heteroatoms. The van der Waals surface area contributed by atoms with E-state index in [0.717, 1.165) is 0 Å². The fourth-order valence-electron chi connectivity index (χ4n) is 2.08. The summed E-state index contributed by atoms with van der Waals surface area (Å²) in [7, 11) is 0. The van der Waals surface area contributed by atoms with Gasteiger partial charge in [0.1, 0.15) is 0 Å². The number of hydrogen-bond donors (Lipinski definition) is 3. The minimum Gasteiger partial charge on any atom is -0.481 e. The van der Waals surface area contributed by atoms with E-state index in [1.807, 2.05) is 0 Å². The number of carboxylic acids is 1. The van der Waals surface area contributed by atoms with Gasteiger partial charge >= 0.3 is 5.97 Å². The van der Waals surface area contributed by atoms with E-state index >= 15 is 0 Å². The average Bonchev–Trinajstić information content (AvgIpc) is 2.71. The van der Waals surface area contributed by atoms with E-state index in [-0.39, 0.29) is 18.9 Å². The molecule has 1 rings (SSSR count). The molecule has 10 nitrogen and oxygen atoms in total. The second kappa shape index (κ2) is 16.4. The van der Waals surface area contributed by atoms with Crippen LogP contribution < -0.4 is 10.6 Å². The molecule has 1 aromatic carbocycles. The third-order valence-corrected chi connectivity index (χ3v) is 3.46. The summed E-state index contributed by atoms with van der Waals surface area (Å²) in [5.41, 5.74) is 1.00. The Bertz CT molecular complexity index is 612. The molecule has 0 aliphatic heterocycles. The van der Waals surface area contributed by atoms with E-state index < -0.39 is 5.97 Å². The molecule has 1 aromatic rings. The van der Waals surface area contributed by atoms with Crippen LogP contribution in [0, 0.1) is 0 Å². The van der Waals surface area contributed by atoms with E-state index in [1.165, 1.54) is 0 Å². The Labute approximate surface area is 169 Å². The van der Waals surface area contributed by atoms with Crippen molar-refractivity contribution in [3.63, 3.8) is 0 Å². The summed E-state index contributed by atoms with van der Waals surface area (Å²) in [5.74, 6) is -1.13. The van der Waals surface area contributed by atoms with Crippen LogP contribution in [0.1, 0.15) is 16.8 Å². The van der Waals surface area contributed by atoms with Gasteiger partial charge in [0.15, 0.2) is 0 Å². The smallest absolute Gasteiger partial charge is 0.305 e. The molecule has 0 heterocycles. The number of benzene rings is 1. The first kappa shape index (κ1) is 24.5. The molecule has 162 valence electrons. The topological polar surface area (TPSA) is 132 Å². The van der Waals surface area contributed by atoms with Crippen LogP contribution >= 0.6 is 0 Å². The molecular formula is C19H28N2O8. The predicted molar refractivity (Wildman–Crippen MR) is 104 cm³/mol. The van der Waals surface area contributed by atoms with Crippen LogP contribution in [0.3, 0.4) is 0 Å². The zero-order chi connectivity index (χ0) is 21.2. The lowest BCUT2D eigenvalue weighted by Crippen LogP contribution is -2.27. The Kier molecular flexibility index (Phi) is 13.9. The first-order chi connectivity index (χ1) is 14.1. The number of carbonyl (C=O) groups is 3. The van der Waals surface area contributed by atoms with Crippen molar-refractivity contribution >= 4 is 24.0 Å². The van der Waals surface area contributed by atoms with Gasteiger partial charge < -0.3 is 34.7 Å². The summed E-state index contributed by atoms with van der Waals surface area (Å²) >= 11 is 0. The Morgan fingerprint density at radius 2 is 1.48 bits per heavy atom. The molecule has 0 saturated heterocycles. The van der Waals surface area contributed by atoms with Gasteiger partial charge in [0, 0.05) is 17.8 Å². The maximum Gasteiger partial charge on any atom is 0.305 e. The van der Waals surface area contributed by atoms with Crippen LogP contribution in [0.5, 0.6) is 0 Å². The van der Waals surface area contributed by atoms with Gasteiger partial charge in [-0.2, -0.15) is 0 Å². The summed E-state index contributed by atoms with van der Waals surface area (Å²) in [5, 5.41) is 13.7. The van der Waals surface area contributed by atoms with Crippen LogP contribution in [0.25, 0.3) is 0 Å². The summed E-state index contributed by atoms with van der Waals surface area (Å²) in [6, 6.07) is 6.62. The van der Waals surface area contributed by atoms with Crippen LogP contribution in [0.2, 0.25) is 0 Å². The Morgan fingerprint density at radius 3 is 2.07 bits per heavy atom. The van der Waals surface area contributed by atoms with Crippen molar-refractivity contribution in [3.8, 4) is 0 Å². The molecule has 0 fully saturated rings. The van der Waals surface area contributed by atoms with Crippen molar-refractivity contribution in [1.82, 2.24) is 5.32 Å². The Balaban J connectivity index is 1.90. The highest BCUT2D eigenvalue weighted by molar-refractivity contribution is 5.95. The van der Waals surface area contributed by atoms with Crippen LogP contribution in [0.15, 0.2) is 24.3 Å². The van der Waals surface area contributed by atoms with Crippen molar-refractivity contribution in [2.75, 3.05) is 64.7 Å². The maximum absolute atomic E-state index is 12.0. The SMILES string of the molecule is O=CNc1cccc(C(=O)NCCOCCOCCOCCOCCC(=O)O)c1. The van der Waals surface area contributed by atoms with Crippen LogP contribution in [-0.4, -0.2) is 82.8 Å². The van der Waals surface area contributed by atoms with Crippen molar-refractivity contribution in [1.29, 1.82) is 0 Å². The van der Waals surface area contributed by atoms with Crippen molar-refractivity contribution in [2.45, 2.75) is 6.42 Å². The number of anilines is 1. The lowest BCUT2D eigenvalue weighted by atomic mass is 10.2. The average molecular weight is 412 g/mol. The molecule has 0 spiro atoms. The molecule has 0 saturated carbocycles. The summed E-state index contributed by atoms with van der Waals surface area (Å²) < 4.78 is 21.0. The third kappa shape index (κ3) is 13.3. The summed E-state index contributed by atoms with van der Waals surface area (Å²) in [6.07, 6.45) is 0.539. The van der Waals surface area contributed by atoms with Gasteiger partial charge in [-0.3, -0.25) is 14.4 Å². The number of hydrogen-bond acceptors (Lipinski definition) is 7. The Hall–Kier alpha value is -2.53. The van der Waals surface area contributed by atoms with Crippen LogP contribution in [-0.2, 0) is 28.5 Å². The number of ether oxygens (including phenoxy) is 4. The van der Waals surface area contributed by atoms with Crippen LogP contribution in [0.4, 0.5) is 5.69 Å². The molecule has 0 bridgehead atoms. The van der Waals surface area contributed by atoms with E-state index in [4.69, 9.17) is 24.1 Å². The number of carboxylic acid groups (broad SMARTS) is 1. The second-order valence-corrected chi connectivity index (χ2v) is 5.69. The second-order valence-electron chi connectivity index (χ2n) is 5.69. The van der Waals surface area contributed by atoms with Gasteiger partial charge in [-0.1, -0.05) is 6.07 Å². The standard InChI is InChI=1S/C19H28N2O8/c22-15-21-17-3-1-2-16(14-17)19(25)20-5-7-27-9-11-29-13-12-28-10-8-26-6-4-18(23)24/h1-3,14-15H,4-13H2,(H,20,25)(H,21,22)(H,23,24). The first-order valence-electron chi connectivity index (χ1n) is 9.24. The zero-order valence-electron chi connectivity index (χ0n) is 16.3. The number of nitrogens with one attached hydrogen (secondary N) is 2. The van der Waals surface area contributed by atoms with Crippen molar-refractivity contribution < 1.29 is 38.4 Å². The summed E-state index contributed by atoms with van der Waals surface area (Å²) in [4.78, 5) is 32.7. The molecule has 0 radical (unpaired) electrons. The van der Waals surface area contributed by atoms with E-state index in [0.29, 0.717) is 70.5 Å². The molecule has 0 unspecified atom stereocenters. The largest absolute Gasteiger partial charge is 0.481 e. The lowest BCUT2D eigenvalue weighted by Gasteiger charge is -2.08. The maximum atomic E-state index is 12.0. The highest BCUT2D eigenvalue weighted by Gasteiger charge is 2.05. The van der Waals surface area contributed by atoms with Crippen molar-refractivity contribution in [2.24, 2.45) is 0 Å². The molecule has 0 atom stereocenters. The minimum atomic E-state index is -0.887. The number of amides is 2. The Morgan fingerprint density at radius 1 is 0.897 bits per heavy atom.